The van der Waals surface area contributed by atoms with E-state index < -0.39 is 0 Å². The average Bonchev–Trinajstić information content (AvgIpc) is 3.30. The summed E-state index contributed by atoms with van der Waals surface area (Å²) in [6, 6.07) is 23.6. The molecule has 7 heteroatoms. The predicted octanol–water partition coefficient (Wildman–Crippen LogP) is 5.50. The molecule has 0 amide bonds. The SMILES string of the molecule is COc1ccc([C@H]2C3=C(Nc4ncnn42)c2ccccc2O[C@H]3c2cccc(Cl)c2)cc1. The Morgan fingerprint density at radius 2 is 1.84 bits per heavy atom. The van der Waals surface area contributed by atoms with Crippen molar-refractivity contribution < 1.29 is 9.47 Å². The molecule has 0 aliphatic carbocycles. The van der Waals surface area contributed by atoms with E-state index in [1.54, 1.807) is 13.4 Å². The van der Waals surface area contributed by atoms with E-state index in [0.29, 0.717) is 11.0 Å². The van der Waals surface area contributed by atoms with Crippen molar-refractivity contribution in [1.29, 1.82) is 0 Å². The molecule has 0 fully saturated rings. The van der Waals surface area contributed by atoms with E-state index in [2.05, 4.69) is 33.6 Å². The van der Waals surface area contributed by atoms with Crippen LogP contribution >= 0.6 is 11.6 Å². The second kappa shape index (κ2) is 7.43. The zero-order chi connectivity index (χ0) is 21.7. The topological polar surface area (TPSA) is 61.2 Å². The summed E-state index contributed by atoms with van der Waals surface area (Å²) in [6.07, 6.45) is 1.22. The van der Waals surface area contributed by atoms with Crippen molar-refractivity contribution in [3.63, 3.8) is 0 Å². The Balaban J connectivity index is 1.61. The monoisotopic (exact) mass is 442 g/mol. The molecule has 6 rings (SSSR count). The van der Waals surface area contributed by atoms with Crippen LogP contribution in [0.3, 0.4) is 0 Å². The van der Waals surface area contributed by atoms with Crippen molar-refractivity contribution in [2.45, 2.75) is 12.1 Å². The molecule has 4 aromatic rings. The van der Waals surface area contributed by atoms with Crippen LogP contribution in [0.25, 0.3) is 5.70 Å². The van der Waals surface area contributed by atoms with Gasteiger partial charge in [-0.25, -0.2) is 4.68 Å². The van der Waals surface area contributed by atoms with Gasteiger partial charge in [0.2, 0.25) is 5.95 Å². The lowest BCUT2D eigenvalue weighted by molar-refractivity contribution is 0.223. The molecule has 32 heavy (non-hydrogen) atoms. The average molecular weight is 443 g/mol. The summed E-state index contributed by atoms with van der Waals surface area (Å²) in [5.41, 5.74) is 5.06. The second-order valence-electron chi connectivity index (χ2n) is 7.71. The van der Waals surface area contributed by atoms with Crippen molar-refractivity contribution in [2.24, 2.45) is 0 Å². The van der Waals surface area contributed by atoms with Gasteiger partial charge in [-0.2, -0.15) is 10.1 Å². The van der Waals surface area contributed by atoms with Crippen molar-refractivity contribution in [3.05, 3.63) is 106 Å². The third kappa shape index (κ3) is 2.95. The Hall–Kier alpha value is -3.77. The molecule has 0 unspecified atom stereocenters. The molecule has 0 saturated heterocycles. The van der Waals surface area contributed by atoms with Gasteiger partial charge in [-0.05, 0) is 47.5 Å². The van der Waals surface area contributed by atoms with Gasteiger partial charge in [0, 0.05) is 16.2 Å². The molecule has 1 aromatic heterocycles. The highest BCUT2D eigenvalue weighted by Gasteiger charge is 2.40. The number of nitrogens with zero attached hydrogens (tertiary/aromatic N) is 3. The summed E-state index contributed by atoms with van der Waals surface area (Å²) in [4.78, 5) is 4.46. The van der Waals surface area contributed by atoms with Gasteiger partial charge in [-0.3, -0.25) is 0 Å². The zero-order valence-electron chi connectivity index (χ0n) is 17.2. The highest BCUT2D eigenvalue weighted by molar-refractivity contribution is 6.30. The molecular formula is C25H19ClN4O2. The highest BCUT2D eigenvalue weighted by atomic mass is 35.5. The number of para-hydroxylation sites is 1. The van der Waals surface area contributed by atoms with E-state index in [-0.39, 0.29) is 12.1 Å². The van der Waals surface area contributed by atoms with Gasteiger partial charge in [0.25, 0.3) is 0 Å². The number of benzene rings is 3. The molecule has 3 aromatic carbocycles. The molecular weight excluding hydrogens is 424 g/mol. The summed E-state index contributed by atoms with van der Waals surface area (Å²) in [5.74, 6) is 2.30. The maximum atomic E-state index is 6.59. The molecule has 6 nitrogen and oxygen atoms in total. The molecule has 0 saturated carbocycles. The normalized spacial score (nSPS) is 18.7. The second-order valence-corrected chi connectivity index (χ2v) is 8.14. The number of aromatic nitrogens is 3. The van der Waals surface area contributed by atoms with Crippen LogP contribution < -0.4 is 14.8 Å². The Bertz CT molecular complexity index is 1350. The number of hydrogen-bond acceptors (Lipinski definition) is 5. The first kappa shape index (κ1) is 19.0. The van der Waals surface area contributed by atoms with Gasteiger partial charge >= 0.3 is 0 Å². The van der Waals surface area contributed by atoms with Crippen LogP contribution in [0.4, 0.5) is 5.95 Å². The summed E-state index contributed by atoms with van der Waals surface area (Å²) in [7, 11) is 1.66. The number of anilines is 1. The van der Waals surface area contributed by atoms with Crippen molar-refractivity contribution in [2.75, 3.05) is 12.4 Å². The fraction of sp³-hybridized carbons (Fsp3) is 0.120. The Kier molecular flexibility index (Phi) is 4.40. The molecule has 1 N–H and O–H groups in total. The lowest BCUT2D eigenvalue weighted by atomic mass is 9.84. The zero-order valence-corrected chi connectivity index (χ0v) is 18.0. The van der Waals surface area contributed by atoms with E-state index in [0.717, 1.165) is 39.5 Å². The highest BCUT2D eigenvalue weighted by Crippen LogP contribution is 2.50. The lowest BCUT2D eigenvalue weighted by Gasteiger charge is -2.39. The third-order valence-electron chi connectivity index (χ3n) is 5.90. The quantitative estimate of drug-likeness (QED) is 0.454. The lowest BCUT2D eigenvalue weighted by Crippen LogP contribution is -2.32. The van der Waals surface area contributed by atoms with E-state index in [1.807, 2.05) is 59.3 Å². The Morgan fingerprint density at radius 3 is 2.66 bits per heavy atom. The first-order valence-electron chi connectivity index (χ1n) is 10.3. The van der Waals surface area contributed by atoms with Gasteiger partial charge in [0.05, 0.1) is 12.8 Å². The van der Waals surface area contributed by atoms with Crippen LogP contribution in [0.2, 0.25) is 5.02 Å². The molecule has 2 aliphatic rings. The molecule has 0 bridgehead atoms. The number of fused-ring (bicyclic) bond motifs is 3. The molecule has 0 radical (unpaired) electrons. The van der Waals surface area contributed by atoms with Crippen LogP contribution in [0.5, 0.6) is 11.5 Å². The fourth-order valence-corrected chi connectivity index (χ4v) is 4.67. The maximum absolute atomic E-state index is 6.59. The van der Waals surface area contributed by atoms with Gasteiger partial charge in [-0.15, -0.1) is 0 Å². The summed E-state index contributed by atoms with van der Waals surface area (Å²) in [6.45, 7) is 0. The van der Waals surface area contributed by atoms with Crippen LogP contribution in [0, 0.1) is 0 Å². The Morgan fingerprint density at radius 1 is 1.00 bits per heavy atom. The first-order valence-corrected chi connectivity index (χ1v) is 10.7. The smallest absolute Gasteiger partial charge is 0.226 e. The van der Waals surface area contributed by atoms with Crippen LogP contribution in [0.15, 0.2) is 84.7 Å². The molecule has 0 spiro atoms. The minimum Gasteiger partial charge on any atom is -0.497 e. The third-order valence-corrected chi connectivity index (χ3v) is 6.14. The van der Waals surface area contributed by atoms with Crippen LogP contribution in [-0.2, 0) is 0 Å². The summed E-state index contributed by atoms with van der Waals surface area (Å²) in [5, 5.41) is 8.71. The van der Waals surface area contributed by atoms with Gasteiger partial charge in [-0.1, -0.05) is 48.0 Å². The molecule has 3 heterocycles. The maximum Gasteiger partial charge on any atom is 0.226 e. The number of rotatable bonds is 3. The van der Waals surface area contributed by atoms with Gasteiger partial charge < -0.3 is 14.8 Å². The van der Waals surface area contributed by atoms with Gasteiger partial charge in [0.15, 0.2) is 0 Å². The Labute approximate surface area is 190 Å². The first-order chi connectivity index (χ1) is 15.7. The van der Waals surface area contributed by atoms with Crippen LogP contribution in [-0.4, -0.2) is 21.9 Å². The summed E-state index contributed by atoms with van der Waals surface area (Å²) < 4.78 is 13.9. The van der Waals surface area contributed by atoms with Crippen molar-refractivity contribution in [3.8, 4) is 11.5 Å². The van der Waals surface area contributed by atoms with E-state index in [9.17, 15) is 0 Å². The number of ether oxygens (including phenoxy) is 2. The molecule has 158 valence electrons. The minimum atomic E-state index is -0.351. The fourth-order valence-electron chi connectivity index (χ4n) is 4.47. The summed E-state index contributed by atoms with van der Waals surface area (Å²) >= 11 is 6.36. The van der Waals surface area contributed by atoms with Gasteiger partial charge in [0.1, 0.15) is 30.0 Å². The van der Waals surface area contributed by atoms with Crippen molar-refractivity contribution in [1.82, 2.24) is 14.8 Å². The predicted molar refractivity (Wildman–Crippen MR) is 123 cm³/mol. The van der Waals surface area contributed by atoms with E-state index in [1.165, 1.54) is 0 Å². The van der Waals surface area contributed by atoms with E-state index >= 15 is 0 Å². The standard InChI is InChI=1S/C25H19ClN4O2/c1-31-18-11-9-15(10-12-18)23-21-22(29-25-27-14-28-30(23)25)19-7-2-3-8-20(19)32-24(21)16-5-4-6-17(26)13-16/h2-14,23-24H,1H3,(H,27,28,29)/t23-,24-/m0/s1. The number of methoxy groups -OCH3 is 1. The molecule has 2 atom stereocenters. The van der Waals surface area contributed by atoms with E-state index in [4.69, 9.17) is 21.1 Å². The number of halogens is 1. The minimum absolute atomic E-state index is 0.216. The van der Waals surface area contributed by atoms with Crippen molar-refractivity contribution >= 4 is 23.2 Å². The largest absolute Gasteiger partial charge is 0.497 e. The van der Waals surface area contributed by atoms with Crippen LogP contribution in [0.1, 0.15) is 28.8 Å². The number of nitrogens with one attached hydrogen (secondary N) is 1. The number of hydrogen-bond donors (Lipinski definition) is 1. The molecule has 2 aliphatic heterocycles.